The van der Waals surface area contributed by atoms with Gasteiger partial charge in [0.1, 0.15) is 6.04 Å². The summed E-state index contributed by atoms with van der Waals surface area (Å²) in [6.45, 7) is 0. The van der Waals surface area contributed by atoms with E-state index in [0.717, 1.165) is 38.7 Å². The van der Waals surface area contributed by atoms with E-state index in [4.69, 9.17) is 4.74 Å². The van der Waals surface area contributed by atoms with E-state index in [1.807, 2.05) is 93.0 Å². The van der Waals surface area contributed by atoms with E-state index in [1.165, 1.54) is 7.11 Å². The van der Waals surface area contributed by atoms with Crippen molar-refractivity contribution in [3.63, 3.8) is 0 Å². The molecule has 0 radical (unpaired) electrons. The zero-order valence-electron chi connectivity index (χ0n) is 24.7. The van der Waals surface area contributed by atoms with Gasteiger partial charge in [0, 0.05) is 30.9 Å². The lowest BCUT2D eigenvalue weighted by molar-refractivity contribution is -0.144. The standard InChI is InChI=1S/C37H36N2O3S/c1-39(2)34-24-14-22-31-27(15-13-23-32(31)34)25-35(40)38-33(36(41)42-3)26-43-37(28-16-7-4-8-17-28,29-18-9-5-10-19-29)30-20-11-6-12-21-30/h4-24,33H,25-26H2,1-3H3,(H,38,40)/t33-/m0/s1. The molecule has 5 aromatic rings. The largest absolute Gasteiger partial charge is 0.467 e. The molecule has 0 fully saturated rings. The van der Waals surface area contributed by atoms with Gasteiger partial charge >= 0.3 is 5.97 Å². The normalized spacial score (nSPS) is 12.0. The maximum absolute atomic E-state index is 13.5. The third-order valence-corrected chi connectivity index (χ3v) is 9.29. The molecule has 0 saturated heterocycles. The lowest BCUT2D eigenvalue weighted by atomic mass is 9.84. The van der Waals surface area contributed by atoms with Crippen molar-refractivity contribution in [2.75, 3.05) is 31.9 Å². The van der Waals surface area contributed by atoms with E-state index in [9.17, 15) is 9.59 Å². The Morgan fingerprint density at radius 1 is 0.721 bits per heavy atom. The molecule has 1 atom stereocenters. The quantitative estimate of drug-likeness (QED) is 0.135. The molecule has 0 aliphatic carbocycles. The van der Waals surface area contributed by atoms with E-state index in [2.05, 4.69) is 58.7 Å². The van der Waals surface area contributed by atoms with Gasteiger partial charge in [-0.25, -0.2) is 4.79 Å². The van der Waals surface area contributed by atoms with Crippen molar-refractivity contribution in [2.24, 2.45) is 0 Å². The van der Waals surface area contributed by atoms with Crippen molar-refractivity contribution >= 4 is 40.1 Å². The number of carbonyl (C=O) groups is 2. The van der Waals surface area contributed by atoms with Gasteiger partial charge in [-0.15, -0.1) is 11.8 Å². The van der Waals surface area contributed by atoms with Crippen LogP contribution in [-0.2, 0) is 25.5 Å². The summed E-state index contributed by atoms with van der Waals surface area (Å²) in [6, 6.07) is 42.1. The van der Waals surface area contributed by atoms with Gasteiger partial charge in [-0.3, -0.25) is 4.79 Å². The Morgan fingerprint density at radius 3 is 1.74 bits per heavy atom. The number of nitrogens with one attached hydrogen (secondary N) is 1. The Hall–Kier alpha value is -4.55. The first-order valence-corrected chi connectivity index (χ1v) is 15.3. The van der Waals surface area contributed by atoms with Gasteiger partial charge in [0.25, 0.3) is 0 Å². The molecule has 1 N–H and O–H groups in total. The summed E-state index contributed by atoms with van der Waals surface area (Å²) in [5.74, 6) is -0.405. The monoisotopic (exact) mass is 588 g/mol. The first-order chi connectivity index (χ1) is 20.9. The third-order valence-electron chi connectivity index (χ3n) is 7.65. The predicted molar refractivity (Wildman–Crippen MR) is 178 cm³/mol. The minimum absolute atomic E-state index is 0.146. The number of rotatable bonds is 11. The first kappa shape index (κ1) is 29.9. The average Bonchev–Trinajstić information content (AvgIpc) is 3.05. The zero-order valence-corrected chi connectivity index (χ0v) is 25.5. The molecule has 0 spiro atoms. The number of fused-ring (bicyclic) bond motifs is 1. The topological polar surface area (TPSA) is 58.6 Å². The maximum Gasteiger partial charge on any atom is 0.329 e. The Labute approximate surface area is 257 Å². The summed E-state index contributed by atoms with van der Waals surface area (Å²) in [5, 5.41) is 5.10. The van der Waals surface area contributed by atoms with Crippen LogP contribution >= 0.6 is 11.8 Å². The number of amides is 1. The van der Waals surface area contributed by atoms with Crippen molar-refractivity contribution in [2.45, 2.75) is 17.2 Å². The molecule has 5 rings (SSSR count). The van der Waals surface area contributed by atoms with Crippen LogP contribution in [0, 0.1) is 0 Å². The summed E-state index contributed by atoms with van der Waals surface area (Å²) in [4.78, 5) is 28.7. The summed E-state index contributed by atoms with van der Waals surface area (Å²) >= 11 is 1.62. The van der Waals surface area contributed by atoms with Crippen molar-refractivity contribution in [3.8, 4) is 0 Å². The second-order valence-corrected chi connectivity index (χ2v) is 11.8. The Morgan fingerprint density at radius 2 is 1.23 bits per heavy atom. The Bertz CT molecular complexity index is 1580. The lowest BCUT2D eigenvalue weighted by Gasteiger charge is -2.36. The summed E-state index contributed by atoms with van der Waals surface area (Å²) < 4.78 is 4.56. The van der Waals surface area contributed by atoms with Crippen LogP contribution < -0.4 is 10.2 Å². The van der Waals surface area contributed by atoms with E-state index in [-0.39, 0.29) is 12.3 Å². The fourth-order valence-electron chi connectivity index (χ4n) is 5.61. The highest BCUT2D eigenvalue weighted by Gasteiger charge is 2.38. The SMILES string of the molecule is COC(=O)[C@H](CSC(c1ccccc1)(c1ccccc1)c1ccccc1)NC(=O)Cc1cccc2c(N(C)C)cccc12. The number of ether oxygens (including phenoxy) is 1. The first-order valence-electron chi connectivity index (χ1n) is 14.3. The number of anilines is 1. The smallest absolute Gasteiger partial charge is 0.329 e. The summed E-state index contributed by atoms with van der Waals surface area (Å²) in [5.41, 5.74) is 5.24. The molecular formula is C37H36N2O3S. The van der Waals surface area contributed by atoms with Crippen LogP contribution in [0.3, 0.4) is 0 Å². The molecule has 0 saturated carbocycles. The third kappa shape index (κ3) is 6.45. The molecular weight excluding hydrogens is 552 g/mol. The fraction of sp³-hybridized carbons (Fsp3) is 0.189. The Kier molecular flexibility index (Phi) is 9.48. The van der Waals surface area contributed by atoms with Gasteiger partial charge in [-0.1, -0.05) is 121 Å². The second kappa shape index (κ2) is 13.6. The van der Waals surface area contributed by atoms with Gasteiger partial charge in [0.05, 0.1) is 18.3 Å². The van der Waals surface area contributed by atoms with Crippen LogP contribution in [0.5, 0.6) is 0 Å². The maximum atomic E-state index is 13.5. The molecule has 0 aliphatic rings. The van der Waals surface area contributed by atoms with Crippen LogP contribution in [0.2, 0.25) is 0 Å². The minimum atomic E-state index is -0.842. The average molecular weight is 589 g/mol. The van der Waals surface area contributed by atoms with Crippen LogP contribution in [0.25, 0.3) is 10.8 Å². The van der Waals surface area contributed by atoms with Crippen molar-refractivity contribution < 1.29 is 14.3 Å². The molecule has 0 bridgehead atoms. The highest BCUT2D eigenvalue weighted by Crippen LogP contribution is 2.48. The second-order valence-electron chi connectivity index (χ2n) is 10.6. The fourth-order valence-corrected chi connectivity index (χ4v) is 7.15. The number of hydrogen-bond acceptors (Lipinski definition) is 5. The van der Waals surface area contributed by atoms with Gasteiger partial charge in [0.2, 0.25) is 5.91 Å². The van der Waals surface area contributed by atoms with Gasteiger partial charge in [-0.2, -0.15) is 0 Å². The molecule has 0 unspecified atom stereocenters. The highest BCUT2D eigenvalue weighted by molar-refractivity contribution is 8.00. The number of nitrogens with zero attached hydrogens (tertiary/aromatic N) is 1. The summed E-state index contributed by atoms with van der Waals surface area (Å²) in [6.07, 6.45) is 0.146. The van der Waals surface area contributed by atoms with Crippen molar-refractivity contribution in [1.82, 2.24) is 5.32 Å². The van der Waals surface area contributed by atoms with Crippen LogP contribution in [0.4, 0.5) is 5.69 Å². The molecule has 43 heavy (non-hydrogen) atoms. The molecule has 0 aliphatic heterocycles. The highest BCUT2D eigenvalue weighted by atomic mass is 32.2. The number of hydrogen-bond donors (Lipinski definition) is 1. The van der Waals surface area contributed by atoms with E-state index < -0.39 is 16.8 Å². The van der Waals surface area contributed by atoms with E-state index in [1.54, 1.807) is 11.8 Å². The number of methoxy groups -OCH3 is 1. The van der Waals surface area contributed by atoms with Crippen LogP contribution in [0.1, 0.15) is 22.3 Å². The predicted octanol–water partition coefficient (Wildman–Crippen LogP) is 6.83. The molecule has 1 amide bonds. The van der Waals surface area contributed by atoms with Crippen LogP contribution in [-0.4, -0.2) is 44.9 Å². The molecule has 218 valence electrons. The van der Waals surface area contributed by atoms with Gasteiger partial charge < -0.3 is 15.0 Å². The number of carbonyl (C=O) groups excluding carboxylic acids is 2. The van der Waals surface area contributed by atoms with E-state index >= 15 is 0 Å². The molecule has 5 aromatic carbocycles. The Balaban J connectivity index is 1.46. The summed E-state index contributed by atoms with van der Waals surface area (Å²) in [7, 11) is 5.37. The van der Waals surface area contributed by atoms with Crippen LogP contribution in [0.15, 0.2) is 127 Å². The molecule has 5 nitrogen and oxygen atoms in total. The number of benzene rings is 5. The van der Waals surface area contributed by atoms with E-state index in [0.29, 0.717) is 5.75 Å². The zero-order chi connectivity index (χ0) is 30.2. The van der Waals surface area contributed by atoms with Gasteiger partial charge in [0.15, 0.2) is 0 Å². The van der Waals surface area contributed by atoms with Gasteiger partial charge in [-0.05, 0) is 33.7 Å². The number of thioether (sulfide) groups is 1. The van der Waals surface area contributed by atoms with Crippen molar-refractivity contribution in [3.05, 3.63) is 150 Å². The molecule has 0 heterocycles. The lowest BCUT2D eigenvalue weighted by Crippen LogP contribution is -2.45. The molecule has 0 aromatic heterocycles. The van der Waals surface area contributed by atoms with Crippen molar-refractivity contribution in [1.29, 1.82) is 0 Å². The minimum Gasteiger partial charge on any atom is -0.467 e. The number of esters is 1. The molecule has 6 heteroatoms.